The third-order valence-corrected chi connectivity index (χ3v) is 5.77. The Kier molecular flexibility index (Phi) is 3.96. The molecule has 2 aliphatic rings. The summed E-state index contributed by atoms with van der Waals surface area (Å²) in [5, 5.41) is 23.0. The number of non-ortho nitro benzene ring substituents is 1. The number of aliphatic hydroxyl groups is 1. The highest BCUT2D eigenvalue weighted by molar-refractivity contribution is 5.98. The first kappa shape index (κ1) is 17.6. The molecule has 144 valence electrons. The van der Waals surface area contributed by atoms with Gasteiger partial charge in [0, 0.05) is 24.2 Å². The first-order chi connectivity index (χ1) is 14.1. The van der Waals surface area contributed by atoms with Gasteiger partial charge in [-0.2, -0.15) is 0 Å². The number of aliphatic imine (C=N–C) groups is 1. The molecule has 0 saturated heterocycles. The Morgan fingerprint density at radius 2 is 1.69 bits per heavy atom. The van der Waals surface area contributed by atoms with Gasteiger partial charge in [0.15, 0.2) is 5.60 Å². The van der Waals surface area contributed by atoms with Crippen molar-refractivity contribution in [2.45, 2.75) is 11.6 Å². The van der Waals surface area contributed by atoms with Crippen LogP contribution in [0, 0.1) is 10.1 Å². The first-order valence-electron chi connectivity index (χ1n) is 9.54. The third kappa shape index (κ3) is 2.57. The van der Waals surface area contributed by atoms with Crippen molar-refractivity contribution in [3.05, 3.63) is 111 Å². The Morgan fingerprint density at radius 3 is 2.41 bits per heavy atom. The minimum atomic E-state index is -1.33. The van der Waals surface area contributed by atoms with Gasteiger partial charge in [-0.1, -0.05) is 54.6 Å². The molecule has 0 saturated carbocycles. The van der Waals surface area contributed by atoms with Gasteiger partial charge in [0.25, 0.3) is 5.69 Å². The molecule has 3 aromatic carbocycles. The van der Waals surface area contributed by atoms with E-state index >= 15 is 0 Å². The van der Waals surface area contributed by atoms with Crippen molar-refractivity contribution >= 4 is 11.5 Å². The van der Waals surface area contributed by atoms with Gasteiger partial charge in [-0.05, 0) is 28.8 Å². The molecular formula is C23H19N3O3. The summed E-state index contributed by atoms with van der Waals surface area (Å²) in [5.74, 6) is 0.630. The van der Waals surface area contributed by atoms with Crippen LogP contribution >= 0.6 is 0 Å². The molecule has 0 spiro atoms. The molecule has 6 heteroatoms. The van der Waals surface area contributed by atoms with Crippen LogP contribution in [0.3, 0.4) is 0 Å². The summed E-state index contributed by atoms with van der Waals surface area (Å²) in [6.45, 7) is 1.28. The van der Waals surface area contributed by atoms with Crippen LogP contribution in [0.25, 0.3) is 0 Å². The van der Waals surface area contributed by atoms with E-state index in [0.29, 0.717) is 18.9 Å². The lowest BCUT2D eigenvalue weighted by atomic mass is 9.75. The van der Waals surface area contributed by atoms with E-state index in [1.807, 2.05) is 54.6 Å². The molecule has 0 fully saturated rings. The van der Waals surface area contributed by atoms with Gasteiger partial charge >= 0.3 is 0 Å². The molecule has 0 radical (unpaired) electrons. The second-order valence-corrected chi connectivity index (χ2v) is 7.31. The number of hydrogen-bond acceptors (Lipinski definition) is 5. The molecular weight excluding hydrogens is 366 g/mol. The Morgan fingerprint density at radius 1 is 1.00 bits per heavy atom. The summed E-state index contributed by atoms with van der Waals surface area (Å²) in [6.07, 6.45) is 0. The highest BCUT2D eigenvalue weighted by atomic mass is 16.6. The quantitative estimate of drug-likeness (QED) is 0.551. The van der Waals surface area contributed by atoms with Crippen molar-refractivity contribution in [2.24, 2.45) is 4.99 Å². The lowest BCUT2D eigenvalue weighted by molar-refractivity contribution is -0.384. The normalized spacial score (nSPS) is 22.6. The van der Waals surface area contributed by atoms with E-state index in [4.69, 9.17) is 4.99 Å². The fourth-order valence-electron chi connectivity index (χ4n) is 4.49. The van der Waals surface area contributed by atoms with Crippen molar-refractivity contribution in [2.75, 3.05) is 13.1 Å². The van der Waals surface area contributed by atoms with Gasteiger partial charge in [0.2, 0.25) is 0 Å². The van der Waals surface area contributed by atoms with Crippen molar-refractivity contribution in [1.82, 2.24) is 4.90 Å². The summed E-state index contributed by atoms with van der Waals surface area (Å²) in [5.41, 5.74) is 2.23. The van der Waals surface area contributed by atoms with Crippen molar-refractivity contribution in [3.8, 4) is 0 Å². The maximum absolute atomic E-state index is 12.0. The van der Waals surface area contributed by atoms with E-state index in [9.17, 15) is 15.2 Å². The second kappa shape index (κ2) is 6.53. The average Bonchev–Trinajstić information content (AvgIpc) is 3.25. The van der Waals surface area contributed by atoms with Crippen LogP contribution in [0.2, 0.25) is 0 Å². The van der Waals surface area contributed by atoms with E-state index in [1.165, 1.54) is 12.1 Å². The fraction of sp³-hybridized carbons (Fsp3) is 0.174. The lowest BCUT2D eigenvalue weighted by Gasteiger charge is -2.45. The molecule has 3 aromatic rings. The van der Waals surface area contributed by atoms with Gasteiger partial charge in [-0.15, -0.1) is 0 Å². The molecule has 29 heavy (non-hydrogen) atoms. The topological polar surface area (TPSA) is 79.0 Å². The zero-order valence-corrected chi connectivity index (χ0v) is 15.6. The van der Waals surface area contributed by atoms with Crippen molar-refractivity contribution < 1.29 is 10.0 Å². The summed E-state index contributed by atoms with van der Waals surface area (Å²) >= 11 is 0. The van der Waals surface area contributed by atoms with Crippen LogP contribution in [0.5, 0.6) is 0 Å². The summed E-state index contributed by atoms with van der Waals surface area (Å²) in [6, 6.07) is 23.9. The van der Waals surface area contributed by atoms with Crippen molar-refractivity contribution in [3.63, 3.8) is 0 Å². The Hall–Kier alpha value is -3.51. The fourth-order valence-corrected chi connectivity index (χ4v) is 4.49. The molecule has 2 aliphatic heterocycles. The average molecular weight is 385 g/mol. The predicted octanol–water partition coefficient (Wildman–Crippen LogP) is 3.65. The maximum atomic E-state index is 12.0. The maximum Gasteiger partial charge on any atom is 0.269 e. The number of fused-ring (bicyclic) bond motifs is 2. The number of nitrogens with zero attached hydrogens (tertiary/aromatic N) is 3. The summed E-state index contributed by atoms with van der Waals surface area (Å²) < 4.78 is 0. The van der Waals surface area contributed by atoms with Gasteiger partial charge in [0.1, 0.15) is 5.84 Å². The number of amidine groups is 1. The molecule has 0 unspecified atom stereocenters. The molecule has 0 aliphatic carbocycles. The zero-order valence-electron chi connectivity index (χ0n) is 15.6. The molecule has 0 amide bonds. The molecule has 1 N–H and O–H groups in total. The highest BCUT2D eigenvalue weighted by Gasteiger charge is 2.50. The van der Waals surface area contributed by atoms with Crippen LogP contribution < -0.4 is 0 Å². The number of nitro benzene ring substituents is 1. The van der Waals surface area contributed by atoms with E-state index in [-0.39, 0.29) is 11.7 Å². The number of benzene rings is 3. The molecule has 0 aromatic heterocycles. The van der Waals surface area contributed by atoms with E-state index in [2.05, 4.69) is 4.90 Å². The predicted molar refractivity (Wildman–Crippen MR) is 110 cm³/mol. The van der Waals surface area contributed by atoms with Crippen LogP contribution in [-0.2, 0) is 5.60 Å². The Bertz CT molecular complexity index is 1110. The lowest BCUT2D eigenvalue weighted by Crippen LogP contribution is -2.52. The SMILES string of the molecule is O=[N+]([O-])c1ccc([C@H]2c3ccccc3[C@@](O)(c3ccccc3)C3=NCCN32)cc1. The molecule has 5 rings (SSSR count). The highest BCUT2D eigenvalue weighted by Crippen LogP contribution is 2.47. The van der Waals surface area contributed by atoms with Crippen LogP contribution in [0.1, 0.15) is 28.3 Å². The molecule has 2 atom stereocenters. The van der Waals surface area contributed by atoms with Gasteiger partial charge < -0.3 is 10.0 Å². The zero-order chi connectivity index (χ0) is 20.0. The largest absolute Gasteiger partial charge is 0.373 e. The van der Waals surface area contributed by atoms with Crippen molar-refractivity contribution in [1.29, 1.82) is 0 Å². The second-order valence-electron chi connectivity index (χ2n) is 7.31. The van der Waals surface area contributed by atoms with Crippen LogP contribution in [0.15, 0.2) is 83.9 Å². The summed E-state index contributed by atoms with van der Waals surface area (Å²) in [7, 11) is 0. The van der Waals surface area contributed by atoms with E-state index in [0.717, 1.165) is 22.3 Å². The smallest absolute Gasteiger partial charge is 0.269 e. The summed E-state index contributed by atoms with van der Waals surface area (Å²) in [4.78, 5) is 17.5. The number of nitro groups is 1. The van der Waals surface area contributed by atoms with Crippen LogP contribution in [0.4, 0.5) is 5.69 Å². The van der Waals surface area contributed by atoms with Crippen LogP contribution in [-0.4, -0.2) is 33.9 Å². The van der Waals surface area contributed by atoms with Gasteiger partial charge in [0.05, 0.1) is 17.5 Å². The minimum Gasteiger partial charge on any atom is -0.373 e. The van der Waals surface area contributed by atoms with E-state index in [1.54, 1.807) is 12.1 Å². The molecule has 2 heterocycles. The molecule has 6 nitrogen and oxygen atoms in total. The minimum absolute atomic E-state index is 0.0638. The first-order valence-corrected chi connectivity index (χ1v) is 9.54. The Balaban J connectivity index is 1.72. The van der Waals surface area contributed by atoms with Gasteiger partial charge in [-0.25, -0.2) is 0 Å². The monoisotopic (exact) mass is 385 g/mol. The number of hydrogen-bond donors (Lipinski definition) is 1. The van der Waals surface area contributed by atoms with Gasteiger partial charge in [-0.3, -0.25) is 15.1 Å². The van der Waals surface area contributed by atoms with E-state index < -0.39 is 10.5 Å². The third-order valence-electron chi connectivity index (χ3n) is 5.77. The number of rotatable bonds is 3. The molecule has 0 bridgehead atoms. The Labute approximate surface area is 167 Å². The standard InChI is InChI=1S/C23H19N3O3/c27-23(17-6-2-1-3-7-17)20-9-5-4-8-19(20)21(25-15-14-24-22(23)25)16-10-12-18(13-11-16)26(28)29/h1-13,21,27H,14-15H2/t21-,23-/m0/s1.